The molecule has 1 rings (SSSR count). The quantitative estimate of drug-likeness (QED) is 0.0203. The molecular weight excluding hydrogens is 715 g/mol. The van der Waals surface area contributed by atoms with Crippen LogP contribution in [-0.2, 0) is 32.9 Å². The number of esters is 2. The molecule has 2 N–H and O–H groups in total. The maximum Gasteiger partial charge on any atom is 0.469 e. The Balaban J connectivity index is 2.00. The van der Waals surface area contributed by atoms with Crippen LogP contribution in [0.4, 0.5) is 0 Å². The normalized spacial score (nSPS) is 16.1. The Kier molecular flexibility index (Phi) is 34.9. The van der Waals surface area contributed by atoms with Crippen molar-refractivity contribution >= 4 is 19.8 Å². The van der Waals surface area contributed by atoms with Gasteiger partial charge >= 0.3 is 19.8 Å². The third-order valence-electron chi connectivity index (χ3n) is 10.7. The zero-order valence-electron chi connectivity index (χ0n) is 35.5. The molecule has 1 heterocycles. The van der Waals surface area contributed by atoms with Crippen molar-refractivity contribution in [2.45, 2.75) is 250 Å². The van der Waals surface area contributed by atoms with Crippen LogP contribution in [0.3, 0.4) is 0 Å². The Morgan fingerprint density at radius 3 is 1.49 bits per heavy atom. The van der Waals surface area contributed by atoms with E-state index in [1.54, 1.807) is 0 Å². The molecule has 9 nitrogen and oxygen atoms in total. The molecule has 0 spiro atoms. The van der Waals surface area contributed by atoms with Crippen molar-refractivity contribution in [2.24, 2.45) is 0 Å². The van der Waals surface area contributed by atoms with E-state index in [1.807, 2.05) is 0 Å². The second-order valence-electron chi connectivity index (χ2n) is 16.1. The van der Waals surface area contributed by atoms with Crippen LogP contribution in [0.1, 0.15) is 232 Å². The molecule has 2 unspecified atom stereocenters. The number of hydrogen-bond donors (Lipinski definition) is 2. The van der Waals surface area contributed by atoms with E-state index in [1.165, 1.54) is 135 Å². The first-order valence-electron chi connectivity index (χ1n) is 23.1. The molecular formula is C45H85O9P. The molecule has 55 heavy (non-hydrogen) atoms. The molecule has 1 aliphatic heterocycles. The predicted octanol–water partition coefficient (Wildman–Crippen LogP) is 13.2. The summed E-state index contributed by atoms with van der Waals surface area (Å²) in [6.07, 6.45) is 43.9. The Labute approximate surface area is 337 Å². The van der Waals surface area contributed by atoms with Crippen molar-refractivity contribution < 1.29 is 42.7 Å². The first kappa shape index (κ1) is 51.8. The number of unbranched alkanes of at least 4 members (excludes halogenated alkanes) is 27. The van der Waals surface area contributed by atoms with Crippen molar-refractivity contribution in [2.75, 3.05) is 13.2 Å². The second kappa shape index (κ2) is 37.0. The van der Waals surface area contributed by atoms with Crippen LogP contribution in [0.5, 0.6) is 0 Å². The van der Waals surface area contributed by atoms with Gasteiger partial charge in [-0.25, -0.2) is 4.57 Å². The highest BCUT2D eigenvalue weighted by molar-refractivity contribution is 7.46. The average molecular weight is 801 g/mol. The van der Waals surface area contributed by atoms with Crippen LogP contribution < -0.4 is 0 Å². The van der Waals surface area contributed by atoms with Crippen molar-refractivity contribution in [3.63, 3.8) is 0 Å². The summed E-state index contributed by atoms with van der Waals surface area (Å²) in [5.74, 6) is -0.895. The van der Waals surface area contributed by atoms with Gasteiger partial charge in [0.25, 0.3) is 0 Å². The number of allylic oxidation sites excluding steroid dienone is 1. The lowest BCUT2D eigenvalue weighted by Gasteiger charge is -2.18. The van der Waals surface area contributed by atoms with Crippen LogP contribution in [0.25, 0.3) is 0 Å². The highest BCUT2D eigenvalue weighted by atomic mass is 31.2. The van der Waals surface area contributed by atoms with E-state index in [0.29, 0.717) is 18.6 Å². The summed E-state index contributed by atoms with van der Waals surface area (Å²) in [7, 11) is -4.76. The van der Waals surface area contributed by atoms with Crippen LogP contribution in [-0.4, -0.2) is 53.3 Å². The summed E-state index contributed by atoms with van der Waals surface area (Å²) >= 11 is 0. The third-order valence-corrected chi connectivity index (χ3v) is 11.2. The first-order valence-corrected chi connectivity index (χ1v) is 24.6. The Morgan fingerprint density at radius 1 is 0.564 bits per heavy atom. The van der Waals surface area contributed by atoms with E-state index in [4.69, 9.17) is 24.0 Å². The summed E-state index contributed by atoms with van der Waals surface area (Å²) in [5, 5.41) is 0. The number of carbonyl (C=O) groups excluding carboxylic acids is 2. The van der Waals surface area contributed by atoms with Crippen molar-refractivity contribution in [3.8, 4) is 0 Å². The minimum atomic E-state index is -4.76. The van der Waals surface area contributed by atoms with Crippen LogP contribution >= 0.6 is 7.82 Å². The maximum atomic E-state index is 12.4. The van der Waals surface area contributed by atoms with Gasteiger partial charge in [0.2, 0.25) is 0 Å². The smallest absolute Gasteiger partial charge is 0.462 e. The fourth-order valence-corrected chi connectivity index (χ4v) is 7.51. The van der Waals surface area contributed by atoms with Crippen LogP contribution in [0.15, 0.2) is 12.2 Å². The highest BCUT2D eigenvalue weighted by Crippen LogP contribution is 2.36. The summed E-state index contributed by atoms with van der Waals surface area (Å²) < 4.78 is 32.3. The maximum absolute atomic E-state index is 12.4. The number of carbonyl (C=O) groups is 2. The third kappa shape index (κ3) is 36.8. The molecule has 0 aromatic rings. The molecule has 1 aliphatic rings. The molecule has 0 bridgehead atoms. The van der Waals surface area contributed by atoms with Gasteiger partial charge in [0, 0.05) is 12.8 Å². The Morgan fingerprint density at radius 2 is 1.00 bits per heavy atom. The lowest BCUT2D eigenvalue weighted by atomic mass is 10.0. The highest BCUT2D eigenvalue weighted by Gasteiger charge is 2.36. The molecule has 1 fully saturated rings. The van der Waals surface area contributed by atoms with Gasteiger partial charge in [-0.2, -0.15) is 0 Å². The molecule has 0 saturated carbocycles. The van der Waals surface area contributed by atoms with E-state index in [-0.39, 0.29) is 19.4 Å². The topological polar surface area (TPSA) is 132 Å². The van der Waals surface area contributed by atoms with Gasteiger partial charge in [0.05, 0.1) is 18.8 Å². The number of epoxide rings is 1. The summed E-state index contributed by atoms with van der Waals surface area (Å²) in [6.45, 7) is 3.67. The van der Waals surface area contributed by atoms with Gasteiger partial charge in [-0.3, -0.25) is 14.1 Å². The number of hydrogen-bond acceptors (Lipinski definition) is 7. The summed E-state index contributed by atoms with van der Waals surface area (Å²) in [4.78, 5) is 43.0. The number of phosphoric acid groups is 1. The van der Waals surface area contributed by atoms with Crippen molar-refractivity contribution in [1.82, 2.24) is 0 Å². The Hall–Kier alpha value is -1.25. The molecule has 1 saturated heterocycles. The molecule has 0 amide bonds. The van der Waals surface area contributed by atoms with Crippen molar-refractivity contribution in [3.05, 3.63) is 12.2 Å². The predicted molar refractivity (Wildman–Crippen MR) is 225 cm³/mol. The Bertz CT molecular complexity index is 968. The van der Waals surface area contributed by atoms with Gasteiger partial charge in [-0.15, -0.1) is 0 Å². The molecule has 3 atom stereocenters. The zero-order chi connectivity index (χ0) is 40.1. The van der Waals surface area contributed by atoms with Gasteiger partial charge in [-0.05, 0) is 38.5 Å². The van der Waals surface area contributed by atoms with E-state index in [9.17, 15) is 14.2 Å². The molecule has 0 aromatic heterocycles. The molecule has 0 aliphatic carbocycles. The number of rotatable bonds is 42. The first-order chi connectivity index (χ1) is 26.7. The summed E-state index contributed by atoms with van der Waals surface area (Å²) in [5.41, 5.74) is 0. The van der Waals surface area contributed by atoms with E-state index < -0.39 is 32.5 Å². The zero-order valence-corrected chi connectivity index (χ0v) is 36.4. The lowest BCUT2D eigenvalue weighted by molar-refractivity contribution is -0.161. The largest absolute Gasteiger partial charge is 0.469 e. The average Bonchev–Trinajstić information content (AvgIpc) is 3.91. The minimum absolute atomic E-state index is 0.193. The van der Waals surface area contributed by atoms with Gasteiger partial charge in [-0.1, -0.05) is 193 Å². The van der Waals surface area contributed by atoms with E-state index in [2.05, 4.69) is 30.5 Å². The monoisotopic (exact) mass is 801 g/mol. The van der Waals surface area contributed by atoms with E-state index in [0.717, 1.165) is 64.2 Å². The standard InChI is InChI=1S/C45H85O9P/c1-3-5-7-9-11-12-13-14-15-16-17-18-19-20-21-22-23-24-25-29-33-37-44(46)51-39-41(40-52-55(48,49)50)53-45(47)38-34-30-26-28-32-36-43-42(54-43)35-31-27-10-8-6-4-2/h27,31,41-43H,3-26,28-30,32-40H2,1-2H3,(H2,48,49,50)/b31-27-/t41-,42?,43?/m1/s1. The van der Waals surface area contributed by atoms with Crippen LogP contribution in [0, 0.1) is 0 Å². The summed E-state index contributed by atoms with van der Waals surface area (Å²) in [6, 6.07) is 0. The van der Waals surface area contributed by atoms with Gasteiger partial charge in [0.1, 0.15) is 6.61 Å². The fourth-order valence-electron chi connectivity index (χ4n) is 7.15. The van der Waals surface area contributed by atoms with Crippen molar-refractivity contribution in [1.29, 1.82) is 0 Å². The number of ether oxygens (including phenoxy) is 3. The van der Waals surface area contributed by atoms with E-state index >= 15 is 0 Å². The molecule has 0 aromatic carbocycles. The second-order valence-corrected chi connectivity index (χ2v) is 17.4. The van der Waals surface area contributed by atoms with Gasteiger partial charge < -0.3 is 24.0 Å². The SMILES string of the molecule is CCCCC/C=C\CC1OC1CCCCCCCC(=O)O[C@H](COC(=O)CCCCCCCCCCCCCCCCCCCCCCC)COP(=O)(O)O. The fraction of sp³-hybridized carbons (Fsp3) is 0.911. The lowest BCUT2D eigenvalue weighted by Crippen LogP contribution is -2.29. The molecule has 0 radical (unpaired) electrons. The minimum Gasteiger partial charge on any atom is -0.462 e. The van der Waals surface area contributed by atoms with Crippen LogP contribution in [0.2, 0.25) is 0 Å². The molecule has 10 heteroatoms. The number of phosphoric ester groups is 1. The van der Waals surface area contributed by atoms with Gasteiger partial charge in [0.15, 0.2) is 6.10 Å². The molecule has 324 valence electrons.